The normalized spacial score (nSPS) is 24.4. The number of piperidine rings is 1. The second kappa shape index (κ2) is 10.2. The van der Waals surface area contributed by atoms with Gasteiger partial charge in [0.2, 0.25) is 5.91 Å². The molecule has 0 spiro atoms. The number of benzene rings is 2. The molecule has 1 saturated heterocycles. The highest BCUT2D eigenvalue weighted by atomic mass is 35.5. The van der Waals surface area contributed by atoms with Gasteiger partial charge in [0.05, 0.1) is 17.9 Å². The molecule has 4 unspecified atom stereocenters. The summed E-state index contributed by atoms with van der Waals surface area (Å²) in [5.74, 6) is -1.22. The van der Waals surface area contributed by atoms with Crippen molar-refractivity contribution in [2.24, 2.45) is 5.41 Å². The highest BCUT2D eigenvalue weighted by Gasteiger charge is 2.52. The molecule has 32 heavy (non-hydrogen) atoms. The summed E-state index contributed by atoms with van der Waals surface area (Å²) in [6.45, 7) is 4.43. The molecule has 0 bridgehead atoms. The Balaban J connectivity index is 2.22. The second-order valence-electron chi connectivity index (χ2n) is 8.83. The van der Waals surface area contributed by atoms with E-state index in [1.54, 1.807) is 6.92 Å². The van der Waals surface area contributed by atoms with Gasteiger partial charge in [0.25, 0.3) is 0 Å². The van der Waals surface area contributed by atoms with E-state index in [-0.39, 0.29) is 30.3 Å². The summed E-state index contributed by atoms with van der Waals surface area (Å²) < 4.78 is 0. The van der Waals surface area contributed by atoms with Gasteiger partial charge in [0.1, 0.15) is 0 Å². The van der Waals surface area contributed by atoms with Crippen LogP contribution in [0.5, 0.6) is 0 Å². The monoisotopic (exact) mass is 476 g/mol. The maximum Gasteiger partial charge on any atom is 0.304 e. The van der Waals surface area contributed by atoms with E-state index < -0.39 is 11.4 Å². The predicted octanol–water partition coefficient (Wildman–Crippen LogP) is 5.53. The largest absolute Gasteiger partial charge is 0.481 e. The third-order valence-corrected chi connectivity index (χ3v) is 6.92. The van der Waals surface area contributed by atoms with Crippen molar-refractivity contribution in [3.63, 3.8) is 0 Å². The fourth-order valence-electron chi connectivity index (χ4n) is 4.96. The van der Waals surface area contributed by atoms with Crippen LogP contribution in [0.25, 0.3) is 0 Å². The molecule has 1 heterocycles. The van der Waals surface area contributed by atoms with Gasteiger partial charge in [-0.1, -0.05) is 61.3 Å². The number of likely N-dealkylation sites (N-methyl/N-ethyl adjacent to an activating group) is 1. The highest BCUT2D eigenvalue weighted by molar-refractivity contribution is 6.30. The van der Waals surface area contributed by atoms with Crippen molar-refractivity contribution < 1.29 is 14.7 Å². The average Bonchev–Trinajstić information content (AvgIpc) is 2.74. The number of hydrogen-bond donors (Lipinski definition) is 2. The number of carbonyl (C=O) groups excluding carboxylic acids is 1. The van der Waals surface area contributed by atoms with Gasteiger partial charge in [-0.2, -0.15) is 0 Å². The van der Waals surface area contributed by atoms with Crippen molar-refractivity contribution in [3.8, 4) is 0 Å². The van der Waals surface area contributed by atoms with Gasteiger partial charge in [-0.05, 0) is 55.3 Å². The van der Waals surface area contributed by atoms with Crippen LogP contribution in [0.15, 0.2) is 48.5 Å². The zero-order valence-electron chi connectivity index (χ0n) is 18.6. The summed E-state index contributed by atoms with van der Waals surface area (Å²) in [6, 6.07) is 14.9. The summed E-state index contributed by atoms with van der Waals surface area (Å²) in [7, 11) is 1.86. The zero-order valence-corrected chi connectivity index (χ0v) is 20.2. The van der Waals surface area contributed by atoms with Crippen molar-refractivity contribution in [1.29, 1.82) is 0 Å². The summed E-state index contributed by atoms with van der Waals surface area (Å²) in [5.41, 5.74) is 0.939. The molecular weight excluding hydrogens is 447 g/mol. The zero-order chi connectivity index (χ0) is 23.5. The molecule has 5 nitrogen and oxygen atoms in total. The molecule has 2 aromatic rings. The molecule has 2 aromatic carbocycles. The number of hydrogen-bond acceptors (Lipinski definition) is 3. The number of carbonyl (C=O) groups is 2. The Hall–Kier alpha value is -2.08. The lowest BCUT2D eigenvalue weighted by atomic mass is 9.67. The van der Waals surface area contributed by atoms with Crippen molar-refractivity contribution in [1.82, 2.24) is 10.2 Å². The van der Waals surface area contributed by atoms with Crippen molar-refractivity contribution in [3.05, 3.63) is 69.7 Å². The molecule has 0 aliphatic carbocycles. The molecule has 3 rings (SSSR count). The molecule has 4 atom stereocenters. The maximum atomic E-state index is 13.9. The van der Waals surface area contributed by atoms with Gasteiger partial charge >= 0.3 is 5.97 Å². The van der Waals surface area contributed by atoms with E-state index in [0.29, 0.717) is 23.0 Å². The smallest absolute Gasteiger partial charge is 0.304 e. The van der Waals surface area contributed by atoms with E-state index in [1.807, 2.05) is 67.4 Å². The summed E-state index contributed by atoms with van der Waals surface area (Å²) >= 11 is 12.5. The number of amides is 1. The average molecular weight is 477 g/mol. The second-order valence-corrected chi connectivity index (χ2v) is 9.70. The van der Waals surface area contributed by atoms with Gasteiger partial charge in [0, 0.05) is 28.5 Å². The Morgan fingerprint density at radius 3 is 2.44 bits per heavy atom. The van der Waals surface area contributed by atoms with Crippen LogP contribution in [0, 0.1) is 5.41 Å². The van der Waals surface area contributed by atoms with E-state index in [4.69, 9.17) is 23.2 Å². The Bertz CT molecular complexity index is 966. The fraction of sp³-hybridized carbons (Fsp3) is 0.440. The lowest BCUT2D eigenvalue weighted by molar-refractivity contribution is -0.160. The number of aliphatic carboxylic acids is 1. The number of halogens is 2. The van der Waals surface area contributed by atoms with Crippen molar-refractivity contribution in [2.45, 2.75) is 51.1 Å². The predicted molar refractivity (Wildman–Crippen MR) is 128 cm³/mol. The summed E-state index contributed by atoms with van der Waals surface area (Å²) in [4.78, 5) is 27.6. The third-order valence-electron chi connectivity index (χ3n) is 6.44. The number of nitrogens with zero attached hydrogens (tertiary/aromatic N) is 1. The van der Waals surface area contributed by atoms with Crippen molar-refractivity contribution >= 4 is 35.1 Å². The van der Waals surface area contributed by atoms with Crippen LogP contribution in [0.4, 0.5) is 0 Å². The molecule has 7 heteroatoms. The van der Waals surface area contributed by atoms with Gasteiger partial charge in [-0.3, -0.25) is 9.59 Å². The van der Waals surface area contributed by atoms with Crippen LogP contribution in [-0.4, -0.2) is 41.5 Å². The minimum Gasteiger partial charge on any atom is -0.481 e. The Kier molecular flexibility index (Phi) is 7.86. The Labute approximate surface area is 199 Å². The van der Waals surface area contributed by atoms with Gasteiger partial charge < -0.3 is 15.3 Å². The molecule has 1 aliphatic heterocycles. The minimum absolute atomic E-state index is 0.0942. The Morgan fingerprint density at radius 2 is 1.88 bits per heavy atom. The van der Waals surface area contributed by atoms with E-state index in [0.717, 1.165) is 17.5 Å². The lowest BCUT2D eigenvalue weighted by Crippen LogP contribution is -2.57. The first-order valence-electron chi connectivity index (χ1n) is 10.9. The van der Waals surface area contributed by atoms with Crippen LogP contribution in [0.3, 0.4) is 0 Å². The topological polar surface area (TPSA) is 69.6 Å². The molecule has 1 aliphatic rings. The third kappa shape index (κ3) is 5.11. The van der Waals surface area contributed by atoms with Crippen molar-refractivity contribution in [2.75, 3.05) is 13.6 Å². The molecular formula is C25H30Cl2N2O3. The molecule has 0 aromatic heterocycles. The highest BCUT2D eigenvalue weighted by Crippen LogP contribution is 2.52. The molecule has 2 N–H and O–H groups in total. The van der Waals surface area contributed by atoms with Gasteiger partial charge in [-0.25, -0.2) is 0 Å². The van der Waals surface area contributed by atoms with Crippen LogP contribution < -0.4 is 5.32 Å². The number of carboxylic acid groups (broad SMARTS) is 1. The first kappa shape index (κ1) is 24.6. The standard InChI is InChI=1S/C25H30Cl2N2O3/c1-4-20(15-28-3)29-23(16-8-10-18(26)11-9-16)21(17-6-5-7-19(27)12-17)13-25(2,24(29)32)14-22(30)31/h5-12,20-21,23,28H,4,13-15H2,1-3H3,(H,30,31). The first-order valence-corrected chi connectivity index (χ1v) is 11.7. The summed E-state index contributed by atoms with van der Waals surface area (Å²) in [6.07, 6.45) is 0.934. The molecule has 1 fully saturated rings. The number of likely N-dealkylation sites (tertiary alicyclic amines) is 1. The van der Waals surface area contributed by atoms with E-state index in [2.05, 4.69) is 5.32 Å². The summed E-state index contributed by atoms with van der Waals surface area (Å²) in [5, 5.41) is 14.1. The Morgan fingerprint density at radius 1 is 1.19 bits per heavy atom. The lowest BCUT2D eigenvalue weighted by Gasteiger charge is -2.52. The van der Waals surface area contributed by atoms with E-state index in [1.165, 1.54) is 0 Å². The van der Waals surface area contributed by atoms with Crippen LogP contribution in [0.2, 0.25) is 10.0 Å². The minimum atomic E-state index is -1.02. The number of nitrogens with one attached hydrogen (secondary N) is 1. The SMILES string of the molecule is CCC(CNC)N1C(=O)C(C)(CC(=O)O)CC(c2cccc(Cl)c2)C1c1ccc(Cl)cc1. The quantitative estimate of drug-likeness (QED) is 0.525. The number of carboxylic acids is 1. The first-order chi connectivity index (χ1) is 15.2. The fourth-order valence-corrected chi connectivity index (χ4v) is 5.28. The maximum absolute atomic E-state index is 13.9. The molecule has 0 saturated carbocycles. The van der Waals surface area contributed by atoms with Crippen LogP contribution in [0.1, 0.15) is 56.2 Å². The molecule has 0 radical (unpaired) electrons. The van der Waals surface area contributed by atoms with E-state index >= 15 is 0 Å². The van der Waals surface area contributed by atoms with Gasteiger partial charge in [-0.15, -0.1) is 0 Å². The van der Waals surface area contributed by atoms with E-state index in [9.17, 15) is 14.7 Å². The van der Waals surface area contributed by atoms with Crippen LogP contribution >= 0.6 is 23.2 Å². The molecule has 1 amide bonds. The number of rotatable bonds is 8. The molecule has 172 valence electrons. The van der Waals surface area contributed by atoms with Gasteiger partial charge in [0.15, 0.2) is 0 Å². The van der Waals surface area contributed by atoms with Crippen LogP contribution in [-0.2, 0) is 9.59 Å².